The van der Waals surface area contributed by atoms with Crippen molar-refractivity contribution in [2.24, 2.45) is 0 Å². The maximum Gasteiger partial charge on any atom is 0.305 e. The number of rotatable bonds is 6. The summed E-state index contributed by atoms with van der Waals surface area (Å²) in [6.07, 6.45) is -0.395. The van der Waals surface area contributed by atoms with Gasteiger partial charge in [0.1, 0.15) is 5.82 Å². The minimum Gasteiger partial charge on any atom is -0.493 e. The maximum atomic E-state index is 13.4. The van der Waals surface area contributed by atoms with E-state index in [1.54, 1.807) is 12.1 Å². The van der Waals surface area contributed by atoms with Gasteiger partial charge in [-0.05, 0) is 35.9 Å². The van der Waals surface area contributed by atoms with Gasteiger partial charge in [0, 0.05) is 6.07 Å². The Bertz CT molecular complexity index is 1100. The van der Waals surface area contributed by atoms with E-state index in [0.29, 0.717) is 11.1 Å². The molecule has 0 saturated carbocycles. The summed E-state index contributed by atoms with van der Waals surface area (Å²) in [5.41, 5.74) is 0.938. The van der Waals surface area contributed by atoms with Crippen molar-refractivity contribution in [3.05, 3.63) is 77.2 Å². The fraction of sp³-hybridized carbons (Fsp3) is 0.100. The quantitative estimate of drug-likeness (QED) is 0.589. The minimum absolute atomic E-state index is 0.171. The highest BCUT2D eigenvalue weighted by Gasteiger charge is 2.22. The van der Waals surface area contributed by atoms with Crippen molar-refractivity contribution in [2.75, 3.05) is 0 Å². The van der Waals surface area contributed by atoms with Crippen LogP contribution >= 0.6 is 0 Å². The van der Waals surface area contributed by atoms with E-state index in [1.165, 1.54) is 30.3 Å². The number of hydrogen-bond donors (Lipinski definition) is 3. The van der Waals surface area contributed by atoms with Gasteiger partial charge in [-0.3, -0.25) is 9.59 Å². The zero-order chi connectivity index (χ0) is 21.0. The molecule has 0 aliphatic rings. The van der Waals surface area contributed by atoms with Crippen LogP contribution in [0.5, 0.6) is 5.88 Å². The predicted molar refractivity (Wildman–Crippen MR) is 98.8 cm³/mol. The monoisotopic (exact) mass is 394 g/mol. The van der Waals surface area contributed by atoms with E-state index in [9.17, 15) is 19.1 Å². The Kier molecular flexibility index (Phi) is 5.55. The van der Waals surface area contributed by atoms with Gasteiger partial charge in [-0.15, -0.1) is 0 Å². The number of aromatic hydroxyl groups is 1. The number of carboxylic acids is 1. The molecule has 1 atom stereocenters. The number of hydrogen-bond acceptors (Lipinski definition) is 5. The predicted octanol–water partition coefficient (Wildman–Crippen LogP) is 2.53. The number of aromatic nitrogens is 2. The lowest BCUT2D eigenvalue weighted by atomic mass is 10.0. The minimum atomic E-state index is -1.13. The van der Waals surface area contributed by atoms with Gasteiger partial charge in [-0.25, -0.2) is 9.07 Å². The van der Waals surface area contributed by atoms with E-state index >= 15 is 0 Å². The summed E-state index contributed by atoms with van der Waals surface area (Å²) in [6, 6.07) is 13.6. The number of nitriles is 1. The van der Waals surface area contributed by atoms with Gasteiger partial charge < -0.3 is 15.5 Å². The SMILES string of the molecule is N#Cc1ccc([C@H](CC(=O)O)NC(=O)c2cc(O)n(-c3cccc(F)c3)n2)cc1. The first kappa shape index (κ1) is 19.6. The number of carbonyl (C=O) groups excluding carboxylic acids is 1. The fourth-order valence-electron chi connectivity index (χ4n) is 2.73. The first-order valence-electron chi connectivity index (χ1n) is 8.45. The summed E-state index contributed by atoms with van der Waals surface area (Å²) in [5.74, 6) is -2.77. The second kappa shape index (κ2) is 8.22. The van der Waals surface area contributed by atoms with Gasteiger partial charge in [0.2, 0.25) is 5.88 Å². The molecule has 0 radical (unpaired) electrons. The third-order valence-corrected chi connectivity index (χ3v) is 4.10. The molecule has 8 nitrogen and oxygen atoms in total. The highest BCUT2D eigenvalue weighted by Crippen LogP contribution is 2.21. The van der Waals surface area contributed by atoms with Crippen LogP contribution in [0.15, 0.2) is 54.6 Å². The van der Waals surface area contributed by atoms with E-state index in [4.69, 9.17) is 10.4 Å². The van der Waals surface area contributed by atoms with Crippen LogP contribution in [0, 0.1) is 17.1 Å². The zero-order valence-corrected chi connectivity index (χ0v) is 14.9. The molecule has 2 aromatic carbocycles. The number of benzene rings is 2. The largest absolute Gasteiger partial charge is 0.493 e. The van der Waals surface area contributed by atoms with E-state index in [2.05, 4.69) is 10.4 Å². The van der Waals surface area contributed by atoms with E-state index in [1.807, 2.05) is 6.07 Å². The lowest BCUT2D eigenvalue weighted by Crippen LogP contribution is -2.30. The molecule has 0 aliphatic carbocycles. The number of nitrogens with zero attached hydrogens (tertiary/aromatic N) is 3. The first-order chi connectivity index (χ1) is 13.9. The smallest absolute Gasteiger partial charge is 0.305 e. The molecular formula is C20H15FN4O4. The molecule has 9 heteroatoms. The Morgan fingerprint density at radius 2 is 1.93 bits per heavy atom. The summed E-state index contributed by atoms with van der Waals surface area (Å²) in [5, 5.41) is 34.6. The molecule has 29 heavy (non-hydrogen) atoms. The molecule has 1 amide bonds. The summed E-state index contributed by atoms with van der Waals surface area (Å²) in [4.78, 5) is 23.8. The van der Waals surface area contributed by atoms with Crippen molar-refractivity contribution < 1.29 is 24.2 Å². The van der Waals surface area contributed by atoms with Gasteiger partial charge in [-0.1, -0.05) is 18.2 Å². The van der Waals surface area contributed by atoms with Gasteiger partial charge in [0.25, 0.3) is 5.91 Å². The van der Waals surface area contributed by atoms with Gasteiger partial charge in [0.05, 0.1) is 29.8 Å². The molecule has 0 bridgehead atoms. The third-order valence-electron chi connectivity index (χ3n) is 4.10. The van der Waals surface area contributed by atoms with Gasteiger partial charge >= 0.3 is 5.97 Å². The zero-order valence-electron chi connectivity index (χ0n) is 14.9. The molecule has 0 spiro atoms. The molecular weight excluding hydrogens is 379 g/mol. The van der Waals surface area contributed by atoms with Crippen molar-refractivity contribution in [1.82, 2.24) is 15.1 Å². The standard InChI is InChI=1S/C20H15FN4O4/c21-14-2-1-3-15(8-14)25-18(26)9-17(24-25)20(29)23-16(10-19(27)28)13-6-4-12(11-22)5-7-13/h1-9,16,26H,10H2,(H,23,29)(H,27,28)/t16-/m0/s1. The molecule has 3 rings (SSSR count). The summed E-state index contributed by atoms with van der Waals surface area (Å²) >= 11 is 0. The van der Waals surface area contributed by atoms with E-state index in [-0.39, 0.29) is 17.3 Å². The van der Waals surface area contributed by atoms with Crippen LogP contribution in [0.2, 0.25) is 0 Å². The number of amides is 1. The van der Waals surface area contributed by atoms with Gasteiger partial charge in [0.15, 0.2) is 5.69 Å². The second-order valence-corrected chi connectivity index (χ2v) is 6.14. The highest BCUT2D eigenvalue weighted by molar-refractivity contribution is 5.93. The van der Waals surface area contributed by atoms with E-state index < -0.39 is 30.2 Å². The van der Waals surface area contributed by atoms with Crippen LogP contribution in [-0.2, 0) is 4.79 Å². The Hall–Kier alpha value is -4.19. The van der Waals surface area contributed by atoms with Crippen molar-refractivity contribution in [1.29, 1.82) is 5.26 Å². The second-order valence-electron chi connectivity index (χ2n) is 6.14. The third kappa shape index (κ3) is 4.56. The van der Waals surface area contributed by atoms with Crippen LogP contribution < -0.4 is 5.32 Å². The number of carboxylic acid groups (broad SMARTS) is 1. The van der Waals surface area contributed by atoms with Crippen LogP contribution in [-0.4, -0.2) is 31.9 Å². The molecule has 3 N–H and O–H groups in total. The van der Waals surface area contributed by atoms with Gasteiger partial charge in [-0.2, -0.15) is 10.4 Å². The topological polar surface area (TPSA) is 128 Å². The number of nitrogens with one attached hydrogen (secondary N) is 1. The summed E-state index contributed by atoms with van der Waals surface area (Å²) < 4.78 is 14.4. The van der Waals surface area contributed by atoms with Crippen LogP contribution in [0.4, 0.5) is 4.39 Å². The molecule has 1 aromatic heterocycles. The summed E-state index contributed by atoms with van der Waals surface area (Å²) in [7, 11) is 0. The Balaban J connectivity index is 1.85. The maximum absolute atomic E-state index is 13.4. The van der Waals surface area contributed by atoms with Crippen molar-refractivity contribution in [3.8, 4) is 17.6 Å². The highest BCUT2D eigenvalue weighted by atomic mass is 19.1. The van der Waals surface area contributed by atoms with Crippen molar-refractivity contribution in [2.45, 2.75) is 12.5 Å². The lowest BCUT2D eigenvalue weighted by molar-refractivity contribution is -0.137. The average molecular weight is 394 g/mol. The summed E-state index contributed by atoms with van der Waals surface area (Å²) in [6.45, 7) is 0. The van der Waals surface area contributed by atoms with Crippen LogP contribution in [0.1, 0.15) is 34.1 Å². The lowest BCUT2D eigenvalue weighted by Gasteiger charge is -2.16. The molecule has 146 valence electrons. The average Bonchev–Trinajstić information content (AvgIpc) is 3.09. The molecule has 1 heterocycles. The van der Waals surface area contributed by atoms with E-state index in [0.717, 1.165) is 16.8 Å². The van der Waals surface area contributed by atoms with Crippen molar-refractivity contribution >= 4 is 11.9 Å². The Labute approximate surface area is 164 Å². The Morgan fingerprint density at radius 3 is 2.55 bits per heavy atom. The fourth-order valence-corrected chi connectivity index (χ4v) is 2.73. The first-order valence-corrected chi connectivity index (χ1v) is 8.45. The van der Waals surface area contributed by atoms with Crippen molar-refractivity contribution in [3.63, 3.8) is 0 Å². The normalized spacial score (nSPS) is 11.4. The molecule has 0 fully saturated rings. The molecule has 0 saturated heterocycles. The Morgan fingerprint density at radius 1 is 1.21 bits per heavy atom. The molecule has 3 aromatic rings. The number of halogens is 1. The number of aliphatic carboxylic acids is 1. The van der Waals surface area contributed by atoms with Crippen LogP contribution in [0.3, 0.4) is 0 Å². The molecule has 0 aliphatic heterocycles. The number of carbonyl (C=O) groups is 2. The molecule has 0 unspecified atom stereocenters. The van der Waals surface area contributed by atoms with Crippen LogP contribution in [0.25, 0.3) is 5.69 Å².